The fourth-order valence-corrected chi connectivity index (χ4v) is 6.16. The third kappa shape index (κ3) is 6.40. The van der Waals surface area contributed by atoms with Gasteiger partial charge in [-0.3, -0.25) is 9.69 Å². The molecule has 2 heterocycles. The van der Waals surface area contributed by atoms with Crippen molar-refractivity contribution in [2.24, 2.45) is 0 Å². The molecule has 2 saturated heterocycles. The molecule has 2 N–H and O–H groups in total. The van der Waals surface area contributed by atoms with Crippen LogP contribution in [0, 0.1) is 0 Å². The lowest BCUT2D eigenvalue weighted by molar-refractivity contribution is -0.123. The smallest absolute Gasteiger partial charge is 0.234 e. The molecule has 3 rings (SSSR count). The maximum absolute atomic E-state index is 12.7. The van der Waals surface area contributed by atoms with E-state index in [9.17, 15) is 18.3 Å². The number of nitrogens with one attached hydrogen (secondary N) is 1. The third-order valence-electron chi connectivity index (χ3n) is 5.20. The predicted octanol–water partition coefficient (Wildman–Crippen LogP) is -0.125. The largest absolute Gasteiger partial charge is 0.395 e. The first-order valence-electron chi connectivity index (χ1n) is 9.81. The van der Waals surface area contributed by atoms with Crippen LogP contribution in [0.5, 0.6) is 0 Å². The van der Waals surface area contributed by atoms with Gasteiger partial charge in [0.2, 0.25) is 15.9 Å². The van der Waals surface area contributed by atoms with Crippen LogP contribution in [0.15, 0.2) is 24.3 Å². The molecule has 2 aliphatic heterocycles. The topological polar surface area (TPSA) is 99.2 Å². The first kappa shape index (κ1) is 22.5. The van der Waals surface area contributed by atoms with Crippen molar-refractivity contribution in [3.63, 3.8) is 0 Å². The average molecular weight is 444 g/mol. The van der Waals surface area contributed by atoms with Crippen LogP contribution in [0.2, 0.25) is 0 Å². The Morgan fingerprint density at radius 1 is 1.21 bits per heavy atom. The molecule has 1 amide bonds. The second kappa shape index (κ2) is 10.7. The quantitative estimate of drug-likeness (QED) is 0.578. The van der Waals surface area contributed by atoms with E-state index >= 15 is 0 Å². The number of aliphatic hydroxyl groups is 1. The maximum atomic E-state index is 12.7. The Balaban J connectivity index is 1.58. The monoisotopic (exact) mass is 443 g/mol. The van der Waals surface area contributed by atoms with Gasteiger partial charge in [0.1, 0.15) is 0 Å². The number of carbonyl (C=O) groups excluding carboxylic acids is 1. The number of rotatable bonds is 8. The van der Waals surface area contributed by atoms with Crippen molar-refractivity contribution >= 4 is 27.7 Å². The van der Waals surface area contributed by atoms with Crippen LogP contribution >= 0.6 is 11.8 Å². The standard InChI is InChI=1S/C19H29N3O5S2/c23-13-18-14-28-10-7-21(18)12-19(24)20-11-16-3-1-2-4-17(16)15-29(25,26)22-5-8-27-9-6-22/h1-4,18,23H,5-15H2,(H,20,24)/t18-/m1/s1. The number of aliphatic hydroxyl groups excluding tert-OH is 1. The third-order valence-corrected chi connectivity index (χ3v) is 8.12. The van der Waals surface area contributed by atoms with E-state index in [0.29, 0.717) is 31.9 Å². The fourth-order valence-electron chi connectivity index (χ4n) is 3.48. The number of amides is 1. The van der Waals surface area contributed by atoms with Crippen molar-refractivity contribution in [2.45, 2.75) is 18.3 Å². The summed E-state index contributed by atoms with van der Waals surface area (Å²) in [6.45, 7) is 2.92. The van der Waals surface area contributed by atoms with Crippen LogP contribution in [0.1, 0.15) is 11.1 Å². The number of hydrogen-bond donors (Lipinski definition) is 2. The Hall–Kier alpha value is -1.17. The summed E-state index contributed by atoms with van der Waals surface area (Å²) in [5.74, 6) is 1.56. The SMILES string of the molecule is O=C(CN1CCSC[C@H]1CO)NCc1ccccc1CS(=O)(=O)N1CCOCC1. The Bertz CT molecular complexity index is 784. The molecule has 10 heteroatoms. The average Bonchev–Trinajstić information content (AvgIpc) is 2.74. The fraction of sp³-hybridized carbons (Fsp3) is 0.632. The summed E-state index contributed by atoms with van der Waals surface area (Å²) in [6, 6.07) is 7.30. The molecule has 0 bridgehead atoms. The van der Waals surface area contributed by atoms with Crippen molar-refractivity contribution in [3.8, 4) is 0 Å². The van der Waals surface area contributed by atoms with E-state index in [2.05, 4.69) is 5.32 Å². The second-order valence-electron chi connectivity index (χ2n) is 7.19. The van der Waals surface area contributed by atoms with Gasteiger partial charge < -0.3 is 15.2 Å². The molecule has 29 heavy (non-hydrogen) atoms. The lowest BCUT2D eigenvalue weighted by Crippen LogP contribution is -2.49. The number of carbonyl (C=O) groups is 1. The maximum Gasteiger partial charge on any atom is 0.234 e. The van der Waals surface area contributed by atoms with Crippen LogP contribution < -0.4 is 5.32 Å². The van der Waals surface area contributed by atoms with Crippen molar-refractivity contribution in [1.29, 1.82) is 0 Å². The lowest BCUT2D eigenvalue weighted by atomic mass is 10.1. The first-order valence-corrected chi connectivity index (χ1v) is 12.6. The normalized spacial score (nSPS) is 21.8. The summed E-state index contributed by atoms with van der Waals surface area (Å²) >= 11 is 1.79. The highest BCUT2D eigenvalue weighted by molar-refractivity contribution is 7.99. The zero-order valence-electron chi connectivity index (χ0n) is 16.5. The minimum atomic E-state index is -3.43. The van der Waals surface area contributed by atoms with Crippen LogP contribution in [0.4, 0.5) is 0 Å². The minimum absolute atomic E-state index is 0.00505. The Kier molecular flexibility index (Phi) is 8.34. The Labute approximate surface area is 176 Å². The summed E-state index contributed by atoms with van der Waals surface area (Å²) in [6.07, 6.45) is 0. The molecule has 162 valence electrons. The molecule has 0 aromatic heterocycles. The number of sulfonamides is 1. The Morgan fingerprint density at radius 2 is 1.93 bits per heavy atom. The van der Waals surface area contributed by atoms with Gasteiger partial charge in [-0.25, -0.2) is 8.42 Å². The summed E-state index contributed by atoms with van der Waals surface area (Å²) in [4.78, 5) is 14.4. The Morgan fingerprint density at radius 3 is 2.66 bits per heavy atom. The number of thioether (sulfide) groups is 1. The number of nitrogens with zero attached hydrogens (tertiary/aromatic N) is 2. The highest BCUT2D eigenvalue weighted by atomic mass is 32.2. The summed E-state index contributed by atoms with van der Waals surface area (Å²) < 4.78 is 32.2. The van der Waals surface area contributed by atoms with E-state index in [1.165, 1.54) is 4.31 Å². The molecule has 2 fully saturated rings. The molecular formula is C19H29N3O5S2. The molecule has 0 unspecified atom stereocenters. The lowest BCUT2D eigenvalue weighted by Gasteiger charge is -2.33. The molecule has 0 saturated carbocycles. The minimum Gasteiger partial charge on any atom is -0.395 e. The summed E-state index contributed by atoms with van der Waals surface area (Å²) in [5.41, 5.74) is 1.49. The molecule has 1 aromatic rings. The van der Waals surface area contributed by atoms with Gasteiger partial charge in [0.15, 0.2) is 0 Å². The molecule has 1 atom stereocenters. The van der Waals surface area contributed by atoms with Crippen molar-refractivity contribution in [2.75, 3.05) is 57.5 Å². The van der Waals surface area contributed by atoms with E-state index in [-0.39, 0.29) is 37.4 Å². The van der Waals surface area contributed by atoms with Gasteiger partial charge >= 0.3 is 0 Å². The van der Waals surface area contributed by atoms with E-state index in [4.69, 9.17) is 4.74 Å². The van der Waals surface area contributed by atoms with Gasteiger partial charge in [0, 0.05) is 43.7 Å². The predicted molar refractivity (Wildman–Crippen MR) is 113 cm³/mol. The van der Waals surface area contributed by atoms with Crippen molar-refractivity contribution in [1.82, 2.24) is 14.5 Å². The van der Waals surface area contributed by atoms with E-state index in [1.54, 1.807) is 17.8 Å². The first-order chi connectivity index (χ1) is 14.0. The van der Waals surface area contributed by atoms with Crippen molar-refractivity contribution < 1.29 is 23.1 Å². The highest BCUT2D eigenvalue weighted by Crippen LogP contribution is 2.17. The molecule has 8 nitrogen and oxygen atoms in total. The molecule has 2 aliphatic rings. The highest BCUT2D eigenvalue weighted by Gasteiger charge is 2.26. The molecule has 1 aromatic carbocycles. The molecule has 0 radical (unpaired) electrons. The van der Waals surface area contributed by atoms with Crippen LogP contribution in [0.25, 0.3) is 0 Å². The van der Waals surface area contributed by atoms with Crippen LogP contribution in [0.3, 0.4) is 0 Å². The molecule has 0 spiro atoms. The van der Waals surface area contributed by atoms with Crippen LogP contribution in [-0.4, -0.2) is 92.2 Å². The zero-order valence-corrected chi connectivity index (χ0v) is 18.1. The summed E-state index contributed by atoms with van der Waals surface area (Å²) in [7, 11) is -3.43. The van der Waals surface area contributed by atoms with Gasteiger partial charge in [-0.1, -0.05) is 24.3 Å². The van der Waals surface area contributed by atoms with Gasteiger partial charge in [0.25, 0.3) is 0 Å². The van der Waals surface area contributed by atoms with Gasteiger partial charge in [0.05, 0.1) is 32.1 Å². The van der Waals surface area contributed by atoms with E-state index < -0.39 is 10.0 Å². The van der Waals surface area contributed by atoms with E-state index in [1.807, 2.05) is 23.1 Å². The number of hydrogen-bond acceptors (Lipinski definition) is 7. The van der Waals surface area contributed by atoms with Gasteiger partial charge in [-0.2, -0.15) is 16.1 Å². The van der Waals surface area contributed by atoms with Crippen LogP contribution in [-0.2, 0) is 31.9 Å². The number of ether oxygens (including phenoxy) is 1. The summed E-state index contributed by atoms with van der Waals surface area (Å²) in [5, 5.41) is 12.4. The number of morpholine rings is 1. The van der Waals surface area contributed by atoms with E-state index in [0.717, 1.165) is 23.6 Å². The molecule has 0 aliphatic carbocycles. The van der Waals surface area contributed by atoms with Crippen molar-refractivity contribution in [3.05, 3.63) is 35.4 Å². The van der Waals surface area contributed by atoms with Gasteiger partial charge in [-0.15, -0.1) is 0 Å². The molecular weight excluding hydrogens is 414 g/mol. The zero-order chi connectivity index (χ0) is 20.7. The number of benzene rings is 1. The second-order valence-corrected chi connectivity index (χ2v) is 10.3. The van der Waals surface area contributed by atoms with Gasteiger partial charge in [-0.05, 0) is 11.1 Å².